The van der Waals surface area contributed by atoms with Crippen LogP contribution in [0.3, 0.4) is 0 Å². The van der Waals surface area contributed by atoms with E-state index in [4.69, 9.17) is 4.74 Å². The minimum absolute atomic E-state index is 0.125. The number of carbonyl (C=O) groups is 2. The molecule has 0 radical (unpaired) electrons. The van der Waals surface area contributed by atoms with Crippen molar-refractivity contribution in [2.45, 2.75) is 25.3 Å². The van der Waals surface area contributed by atoms with Crippen molar-refractivity contribution in [1.82, 2.24) is 14.4 Å². The van der Waals surface area contributed by atoms with Crippen LogP contribution in [0.15, 0.2) is 48.5 Å². The molecule has 3 heterocycles. The summed E-state index contributed by atoms with van der Waals surface area (Å²) in [7, 11) is 3.64. The Morgan fingerprint density at radius 1 is 1.03 bits per heavy atom. The van der Waals surface area contributed by atoms with E-state index in [1.807, 2.05) is 59.3 Å². The number of hydrogen-bond acceptors (Lipinski definition) is 3. The molecule has 1 fully saturated rings. The highest BCUT2D eigenvalue weighted by atomic mass is 16.5. The largest absolute Gasteiger partial charge is 0.495 e. The first-order chi connectivity index (χ1) is 15.6. The zero-order valence-electron chi connectivity index (χ0n) is 18.5. The van der Waals surface area contributed by atoms with Crippen molar-refractivity contribution >= 4 is 28.5 Å². The monoisotopic (exact) mass is 432 g/mol. The number of piperidine rings is 1. The number of likely N-dealkylation sites (tertiary alicyclic amines) is 1. The van der Waals surface area contributed by atoms with Gasteiger partial charge in [0, 0.05) is 55.7 Å². The summed E-state index contributed by atoms with van der Waals surface area (Å²) in [5.74, 6) is 0.764. The van der Waals surface area contributed by atoms with Crippen LogP contribution in [-0.2, 0) is 13.5 Å². The number of aromatic nitrogens is 1. The first-order valence-electron chi connectivity index (χ1n) is 11.1. The van der Waals surface area contributed by atoms with E-state index < -0.39 is 0 Å². The number of rotatable bonds is 3. The van der Waals surface area contributed by atoms with Gasteiger partial charge in [-0.1, -0.05) is 30.3 Å². The lowest BCUT2D eigenvalue weighted by Crippen LogP contribution is -2.51. The van der Waals surface area contributed by atoms with Crippen LogP contribution in [0.4, 0.5) is 10.5 Å². The van der Waals surface area contributed by atoms with Gasteiger partial charge in [-0.2, -0.15) is 0 Å². The van der Waals surface area contributed by atoms with Gasteiger partial charge >= 0.3 is 6.03 Å². The number of para-hydroxylation sites is 3. The highest BCUT2D eigenvalue weighted by molar-refractivity contribution is 6.09. The van der Waals surface area contributed by atoms with E-state index in [0.29, 0.717) is 24.5 Å². The fraction of sp³-hybridized carbons (Fsp3) is 0.360. The van der Waals surface area contributed by atoms with E-state index in [1.165, 1.54) is 0 Å². The van der Waals surface area contributed by atoms with E-state index >= 15 is 0 Å². The van der Waals surface area contributed by atoms with Crippen LogP contribution in [0.1, 0.15) is 28.9 Å². The minimum Gasteiger partial charge on any atom is -0.495 e. The molecular weight excluding hydrogens is 404 g/mol. The number of amides is 3. The molecule has 2 aliphatic heterocycles. The smallest absolute Gasteiger partial charge is 0.321 e. The lowest BCUT2D eigenvalue weighted by molar-refractivity contribution is 0.0581. The van der Waals surface area contributed by atoms with Gasteiger partial charge in [0.05, 0.1) is 18.4 Å². The third-order valence-electron chi connectivity index (χ3n) is 6.83. The predicted molar refractivity (Wildman–Crippen MR) is 124 cm³/mol. The average Bonchev–Trinajstić information content (AvgIpc) is 3.13. The molecule has 0 spiro atoms. The fourth-order valence-electron chi connectivity index (χ4n) is 5.12. The molecule has 5 rings (SSSR count). The number of fused-ring (bicyclic) bond motifs is 3. The number of carbonyl (C=O) groups excluding carboxylic acids is 2. The summed E-state index contributed by atoms with van der Waals surface area (Å²) in [5.41, 5.74) is 3.75. The number of aryl methyl sites for hydroxylation is 1. The van der Waals surface area contributed by atoms with Gasteiger partial charge in [-0.15, -0.1) is 0 Å². The third kappa shape index (κ3) is 3.38. The Kier molecular flexibility index (Phi) is 5.25. The molecule has 7 nitrogen and oxygen atoms in total. The molecule has 0 atom stereocenters. The highest BCUT2D eigenvalue weighted by Crippen LogP contribution is 2.32. The predicted octanol–water partition coefficient (Wildman–Crippen LogP) is 3.88. The van der Waals surface area contributed by atoms with Gasteiger partial charge in [-0.3, -0.25) is 4.79 Å². The molecule has 0 unspecified atom stereocenters. The van der Waals surface area contributed by atoms with Crippen LogP contribution in [0.2, 0.25) is 0 Å². The van der Waals surface area contributed by atoms with Gasteiger partial charge in [0.1, 0.15) is 5.75 Å². The van der Waals surface area contributed by atoms with E-state index in [-0.39, 0.29) is 18.0 Å². The van der Waals surface area contributed by atoms with Gasteiger partial charge in [0.25, 0.3) is 5.91 Å². The Balaban J connectivity index is 1.27. The molecule has 0 bridgehead atoms. The number of hydrogen-bond donors (Lipinski definition) is 1. The quantitative estimate of drug-likeness (QED) is 0.683. The molecule has 3 amide bonds. The molecule has 166 valence electrons. The maximum atomic E-state index is 13.5. The van der Waals surface area contributed by atoms with E-state index in [2.05, 4.69) is 16.0 Å². The van der Waals surface area contributed by atoms with Crippen LogP contribution in [0, 0.1) is 0 Å². The molecule has 32 heavy (non-hydrogen) atoms. The Bertz CT molecular complexity index is 1180. The Morgan fingerprint density at radius 2 is 1.75 bits per heavy atom. The summed E-state index contributed by atoms with van der Waals surface area (Å²) < 4.78 is 7.48. The van der Waals surface area contributed by atoms with Crippen LogP contribution in [-0.4, -0.2) is 59.1 Å². The molecule has 2 aromatic carbocycles. The lowest BCUT2D eigenvalue weighted by Gasteiger charge is -2.40. The van der Waals surface area contributed by atoms with Crippen molar-refractivity contribution < 1.29 is 14.3 Å². The number of urea groups is 1. The van der Waals surface area contributed by atoms with Crippen molar-refractivity contribution in [3.8, 4) is 5.75 Å². The number of anilines is 1. The van der Waals surface area contributed by atoms with Crippen LogP contribution in [0.25, 0.3) is 10.9 Å². The molecule has 2 aliphatic rings. The minimum atomic E-state index is -0.130. The maximum Gasteiger partial charge on any atom is 0.321 e. The summed E-state index contributed by atoms with van der Waals surface area (Å²) in [6.45, 7) is 1.98. The van der Waals surface area contributed by atoms with Gasteiger partial charge in [-0.25, -0.2) is 4.79 Å². The summed E-state index contributed by atoms with van der Waals surface area (Å²) in [5, 5.41) is 3.98. The third-order valence-corrected chi connectivity index (χ3v) is 6.83. The normalized spacial score (nSPS) is 16.9. The summed E-state index contributed by atoms with van der Waals surface area (Å²) in [4.78, 5) is 30.1. The van der Waals surface area contributed by atoms with E-state index in [0.717, 1.165) is 48.0 Å². The zero-order valence-corrected chi connectivity index (χ0v) is 18.5. The molecule has 0 aliphatic carbocycles. The number of benzene rings is 2. The second kappa shape index (κ2) is 8.22. The van der Waals surface area contributed by atoms with Gasteiger partial charge in [0.15, 0.2) is 0 Å². The van der Waals surface area contributed by atoms with Crippen molar-refractivity contribution in [2.75, 3.05) is 32.1 Å². The first kappa shape index (κ1) is 20.4. The summed E-state index contributed by atoms with van der Waals surface area (Å²) in [6, 6.07) is 15.5. The van der Waals surface area contributed by atoms with Gasteiger partial charge in [0.2, 0.25) is 0 Å². The zero-order chi connectivity index (χ0) is 22.2. The second-order valence-corrected chi connectivity index (χ2v) is 8.50. The number of ether oxygens (including phenoxy) is 1. The Labute approximate surface area is 187 Å². The second-order valence-electron chi connectivity index (χ2n) is 8.50. The molecule has 1 aromatic heterocycles. The van der Waals surface area contributed by atoms with Gasteiger partial charge < -0.3 is 24.4 Å². The average molecular weight is 433 g/mol. The highest BCUT2D eigenvalue weighted by Gasteiger charge is 2.35. The van der Waals surface area contributed by atoms with E-state index in [1.54, 1.807) is 7.11 Å². The Hall–Kier alpha value is -3.48. The van der Waals surface area contributed by atoms with Crippen molar-refractivity contribution in [3.05, 3.63) is 59.8 Å². The summed E-state index contributed by atoms with van der Waals surface area (Å²) in [6.07, 6.45) is 2.43. The van der Waals surface area contributed by atoms with E-state index in [9.17, 15) is 9.59 Å². The van der Waals surface area contributed by atoms with Crippen LogP contribution in [0.5, 0.6) is 5.75 Å². The van der Waals surface area contributed by atoms with Crippen LogP contribution < -0.4 is 10.1 Å². The number of methoxy groups -OCH3 is 1. The number of nitrogens with zero attached hydrogens (tertiary/aromatic N) is 3. The molecule has 1 saturated heterocycles. The molecule has 0 saturated carbocycles. The fourth-order valence-corrected chi connectivity index (χ4v) is 5.12. The molecular formula is C25H28N4O3. The lowest BCUT2D eigenvalue weighted by atomic mass is 9.97. The topological polar surface area (TPSA) is 66.8 Å². The molecule has 3 aromatic rings. The summed E-state index contributed by atoms with van der Waals surface area (Å²) >= 11 is 0. The van der Waals surface area contributed by atoms with Crippen molar-refractivity contribution in [1.29, 1.82) is 0 Å². The van der Waals surface area contributed by atoms with Crippen molar-refractivity contribution in [2.24, 2.45) is 7.05 Å². The molecule has 7 heteroatoms. The van der Waals surface area contributed by atoms with Gasteiger partial charge in [-0.05, 0) is 31.0 Å². The number of nitrogens with one attached hydrogen (secondary N) is 1. The first-order valence-corrected chi connectivity index (χ1v) is 11.1. The maximum absolute atomic E-state index is 13.5. The Morgan fingerprint density at radius 3 is 2.53 bits per heavy atom. The van der Waals surface area contributed by atoms with Crippen LogP contribution >= 0.6 is 0 Å². The standard InChI is InChI=1S/C25H28N4O3/c1-27-20-9-5-3-7-18(20)23-21(27)13-16-29(24(23)30)17-11-14-28(15-12-17)25(31)26-19-8-4-6-10-22(19)32-2/h3-10,17H,11-16H2,1-2H3,(H,26,31). The SMILES string of the molecule is COc1ccccc1NC(=O)N1CCC(N2CCc3c(c4ccccc4n3C)C2=O)CC1. The van der Waals surface area contributed by atoms with Crippen molar-refractivity contribution in [3.63, 3.8) is 0 Å². The molecule has 1 N–H and O–H groups in total.